The molecule has 0 aliphatic rings. The number of rotatable bonds is 4. The molecule has 1 N–H and O–H groups in total. The van der Waals surface area contributed by atoms with Crippen LogP contribution in [0.2, 0.25) is 0 Å². The van der Waals surface area contributed by atoms with Gasteiger partial charge in [0, 0.05) is 0 Å². The summed E-state index contributed by atoms with van der Waals surface area (Å²) in [5, 5.41) is 0. The summed E-state index contributed by atoms with van der Waals surface area (Å²) in [5.74, 6) is 0. The Morgan fingerprint density at radius 2 is 1.84 bits per heavy atom. The van der Waals surface area contributed by atoms with Crippen molar-refractivity contribution in [1.29, 1.82) is 0 Å². The molecule has 0 saturated carbocycles. The zero-order chi connectivity index (χ0) is 13.9. The third kappa shape index (κ3) is 3.54. The highest BCUT2D eigenvalue weighted by Crippen LogP contribution is 2.17. The first-order valence-electron chi connectivity index (χ1n) is 5.74. The smallest absolute Gasteiger partial charge is 0.261 e. The zero-order valence-corrected chi connectivity index (χ0v) is 12.7. The van der Waals surface area contributed by atoms with Gasteiger partial charge in [-0.1, -0.05) is 19.1 Å². The predicted molar refractivity (Wildman–Crippen MR) is 78.6 cm³/mol. The average Bonchev–Trinajstić information content (AvgIpc) is 2.41. The standard InChI is InChI=1S/C13H13BrN2O2S/c1-2-10-3-6-12(7-4-10)19(17,18)16-11-5-8-13(14)15-9-11/h3-9,16H,2H2,1H3. The summed E-state index contributed by atoms with van der Waals surface area (Å²) in [7, 11) is -3.56. The van der Waals surface area contributed by atoms with E-state index in [1.54, 1.807) is 24.3 Å². The number of nitrogens with zero attached hydrogens (tertiary/aromatic N) is 1. The second-order valence-electron chi connectivity index (χ2n) is 3.97. The third-order valence-corrected chi connectivity index (χ3v) is 4.49. The van der Waals surface area contributed by atoms with Crippen LogP contribution in [0.3, 0.4) is 0 Å². The van der Waals surface area contributed by atoms with Crippen molar-refractivity contribution < 1.29 is 8.42 Å². The maximum Gasteiger partial charge on any atom is 0.261 e. The van der Waals surface area contributed by atoms with Crippen molar-refractivity contribution in [3.05, 3.63) is 52.8 Å². The lowest BCUT2D eigenvalue weighted by Gasteiger charge is -2.08. The summed E-state index contributed by atoms with van der Waals surface area (Å²) < 4.78 is 27.4. The van der Waals surface area contributed by atoms with Gasteiger partial charge in [-0.3, -0.25) is 4.72 Å². The molecule has 6 heteroatoms. The SMILES string of the molecule is CCc1ccc(S(=O)(=O)Nc2ccc(Br)nc2)cc1. The number of anilines is 1. The topological polar surface area (TPSA) is 59.1 Å². The zero-order valence-electron chi connectivity index (χ0n) is 10.3. The van der Waals surface area contributed by atoms with Crippen molar-refractivity contribution in [3.63, 3.8) is 0 Å². The summed E-state index contributed by atoms with van der Waals surface area (Å²) in [4.78, 5) is 4.22. The summed E-state index contributed by atoms with van der Waals surface area (Å²) >= 11 is 3.20. The number of nitrogens with one attached hydrogen (secondary N) is 1. The summed E-state index contributed by atoms with van der Waals surface area (Å²) in [6.07, 6.45) is 2.34. The van der Waals surface area contributed by atoms with E-state index in [1.165, 1.54) is 6.20 Å². The van der Waals surface area contributed by atoms with E-state index in [4.69, 9.17) is 0 Å². The van der Waals surface area contributed by atoms with Crippen LogP contribution in [0.15, 0.2) is 52.1 Å². The molecule has 1 aromatic carbocycles. The first-order chi connectivity index (χ1) is 9.01. The summed E-state index contributed by atoms with van der Waals surface area (Å²) in [6, 6.07) is 10.2. The molecule has 0 atom stereocenters. The molecular formula is C13H13BrN2O2S. The normalized spacial score (nSPS) is 11.3. The van der Waals surface area contributed by atoms with Crippen LogP contribution in [0, 0.1) is 0 Å². The van der Waals surface area contributed by atoms with Gasteiger partial charge in [-0.05, 0) is 52.2 Å². The number of hydrogen-bond donors (Lipinski definition) is 1. The molecular weight excluding hydrogens is 328 g/mol. The van der Waals surface area contributed by atoms with Gasteiger partial charge in [-0.15, -0.1) is 0 Å². The number of benzene rings is 1. The molecule has 1 heterocycles. The van der Waals surface area contributed by atoms with Gasteiger partial charge in [-0.25, -0.2) is 13.4 Å². The number of aromatic nitrogens is 1. The minimum atomic E-state index is -3.56. The first kappa shape index (κ1) is 14.0. The maximum atomic E-state index is 12.1. The molecule has 0 aliphatic carbocycles. The minimum absolute atomic E-state index is 0.243. The van der Waals surface area contributed by atoms with E-state index in [0.717, 1.165) is 12.0 Å². The molecule has 1 aromatic heterocycles. The average molecular weight is 341 g/mol. The molecule has 2 rings (SSSR count). The number of sulfonamides is 1. The van der Waals surface area contributed by atoms with E-state index >= 15 is 0 Å². The minimum Gasteiger partial charge on any atom is -0.278 e. The van der Waals surface area contributed by atoms with E-state index in [1.807, 2.05) is 19.1 Å². The molecule has 0 bridgehead atoms. The lowest BCUT2D eigenvalue weighted by Crippen LogP contribution is -2.13. The van der Waals surface area contributed by atoms with Crippen molar-refractivity contribution in [2.45, 2.75) is 18.2 Å². The van der Waals surface area contributed by atoms with Crippen LogP contribution in [0.25, 0.3) is 0 Å². The third-order valence-electron chi connectivity index (χ3n) is 2.62. The van der Waals surface area contributed by atoms with Gasteiger partial charge in [-0.2, -0.15) is 0 Å². The molecule has 2 aromatic rings. The number of hydrogen-bond acceptors (Lipinski definition) is 3. The van der Waals surface area contributed by atoms with Crippen molar-refractivity contribution in [2.75, 3.05) is 4.72 Å². The second kappa shape index (κ2) is 5.71. The highest BCUT2D eigenvalue weighted by Gasteiger charge is 2.13. The highest BCUT2D eigenvalue weighted by atomic mass is 79.9. The van der Waals surface area contributed by atoms with E-state index in [9.17, 15) is 8.42 Å². The van der Waals surface area contributed by atoms with Crippen LogP contribution in [-0.4, -0.2) is 13.4 Å². The fourth-order valence-corrected chi connectivity index (χ4v) is 2.83. The molecule has 19 heavy (non-hydrogen) atoms. The Labute approximate surface area is 121 Å². The van der Waals surface area contributed by atoms with Gasteiger partial charge in [0.25, 0.3) is 10.0 Å². The van der Waals surface area contributed by atoms with Crippen LogP contribution >= 0.6 is 15.9 Å². The van der Waals surface area contributed by atoms with Crippen molar-refractivity contribution >= 4 is 31.6 Å². The quantitative estimate of drug-likeness (QED) is 0.869. The Bertz CT molecular complexity index is 652. The number of halogens is 1. The van der Waals surface area contributed by atoms with E-state index < -0.39 is 10.0 Å². The largest absolute Gasteiger partial charge is 0.278 e. The van der Waals surface area contributed by atoms with E-state index in [0.29, 0.717) is 10.3 Å². The molecule has 100 valence electrons. The Morgan fingerprint density at radius 1 is 1.16 bits per heavy atom. The fourth-order valence-electron chi connectivity index (χ4n) is 1.55. The van der Waals surface area contributed by atoms with Crippen LogP contribution < -0.4 is 4.72 Å². The molecule has 0 unspecified atom stereocenters. The van der Waals surface area contributed by atoms with Crippen molar-refractivity contribution in [3.8, 4) is 0 Å². The van der Waals surface area contributed by atoms with Gasteiger partial charge < -0.3 is 0 Å². The van der Waals surface area contributed by atoms with Gasteiger partial charge in [0.2, 0.25) is 0 Å². The summed E-state index contributed by atoms with van der Waals surface area (Å²) in [5.41, 5.74) is 1.53. The van der Waals surface area contributed by atoms with Gasteiger partial charge >= 0.3 is 0 Å². The van der Waals surface area contributed by atoms with E-state index in [2.05, 4.69) is 25.6 Å². The monoisotopic (exact) mass is 340 g/mol. The predicted octanol–water partition coefficient (Wildman–Crippen LogP) is 3.21. The molecule has 0 amide bonds. The summed E-state index contributed by atoms with van der Waals surface area (Å²) in [6.45, 7) is 2.02. The Kier molecular flexibility index (Phi) is 4.21. The van der Waals surface area contributed by atoms with Crippen LogP contribution in [0.5, 0.6) is 0 Å². The van der Waals surface area contributed by atoms with Crippen molar-refractivity contribution in [2.24, 2.45) is 0 Å². The van der Waals surface area contributed by atoms with Crippen LogP contribution in [0.4, 0.5) is 5.69 Å². The Morgan fingerprint density at radius 3 is 2.37 bits per heavy atom. The Balaban J connectivity index is 2.24. The van der Waals surface area contributed by atoms with Crippen LogP contribution in [0.1, 0.15) is 12.5 Å². The lowest BCUT2D eigenvalue weighted by molar-refractivity contribution is 0.601. The highest BCUT2D eigenvalue weighted by molar-refractivity contribution is 9.10. The van der Waals surface area contributed by atoms with Gasteiger partial charge in [0.05, 0.1) is 16.8 Å². The first-order valence-corrected chi connectivity index (χ1v) is 8.02. The molecule has 0 aliphatic heterocycles. The van der Waals surface area contributed by atoms with E-state index in [-0.39, 0.29) is 4.90 Å². The molecule has 0 spiro atoms. The second-order valence-corrected chi connectivity index (χ2v) is 6.47. The Hall–Kier alpha value is -1.40. The molecule has 0 fully saturated rings. The lowest BCUT2D eigenvalue weighted by atomic mass is 10.2. The van der Waals surface area contributed by atoms with Crippen molar-refractivity contribution in [1.82, 2.24) is 4.98 Å². The molecule has 0 saturated heterocycles. The number of aryl methyl sites for hydroxylation is 1. The maximum absolute atomic E-state index is 12.1. The number of pyridine rings is 1. The van der Waals surface area contributed by atoms with Gasteiger partial charge in [0.15, 0.2) is 0 Å². The molecule has 0 radical (unpaired) electrons. The molecule has 4 nitrogen and oxygen atoms in total. The van der Waals surface area contributed by atoms with Gasteiger partial charge in [0.1, 0.15) is 4.60 Å². The fraction of sp³-hybridized carbons (Fsp3) is 0.154. The van der Waals surface area contributed by atoms with Crippen LogP contribution in [-0.2, 0) is 16.4 Å².